The number of hydrogen-bond acceptors (Lipinski definition) is 6. The summed E-state index contributed by atoms with van der Waals surface area (Å²) in [6.45, 7) is 4.17. The van der Waals surface area contributed by atoms with Gasteiger partial charge in [0.05, 0.1) is 0 Å². The van der Waals surface area contributed by atoms with E-state index in [-0.39, 0.29) is 5.91 Å². The van der Waals surface area contributed by atoms with Crippen molar-refractivity contribution in [2.45, 2.75) is 6.54 Å². The van der Waals surface area contributed by atoms with Crippen LogP contribution in [0.1, 0.15) is 16.1 Å². The number of amides is 1. The van der Waals surface area contributed by atoms with Gasteiger partial charge in [-0.3, -0.25) is 9.69 Å². The van der Waals surface area contributed by atoms with Crippen molar-refractivity contribution in [1.29, 1.82) is 0 Å². The van der Waals surface area contributed by atoms with Crippen molar-refractivity contribution in [2.24, 2.45) is 0 Å². The summed E-state index contributed by atoms with van der Waals surface area (Å²) >= 11 is 0. The molecule has 0 unspecified atom stereocenters. The zero-order valence-electron chi connectivity index (χ0n) is 12.6. The van der Waals surface area contributed by atoms with Gasteiger partial charge in [-0.15, -0.1) is 0 Å². The van der Waals surface area contributed by atoms with E-state index in [1.807, 2.05) is 17.0 Å². The summed E-state index contributed by atoms with van der Waals surface area (Å²) in [7, 11) is 0. The molecule has 1 aromatic carbocycles. The molecule has 23 heavy (non-hydrogen) atoms. The lowest BCUT2D eigenvalue weighted by Crippen LogP contribution is -2.48. The second-order valence-electron chi connectivity index (χ2n) is 5.63. The molecule has 2 aromatic rings. The Morgan fingerprint density at radius 1 is 1.13 bits per heavy atom. The number of fused-ring (bicyclic) bond motifs is 1. The van der Waals surface area contributed by atoms with E-state index in [1.54, 1.807) is 0 Å². The molecule has 0 saturated carbocycles. The number of nitrogens with zero attached hydrogens (tertiary/aromatic N) is 3. The molecule has 120 valence electrons. The van der Waals surface area contributed by atoms with Gasteiger partial charge in [-0.25, -0.2) is 4.98 Å². The highest BCUT2D eigenvalue weighted by Gasteiger charge is 2.24. The molecule has 1 fully saturated rings. The van der Waals surface area contributed by atoms with Crippen molar-refractivity contribution in [1.82, 2.24) is 14.8 Å². The van der Waals surface area contributed by atoms with E-state index >= 15 is 0 Å². The van der Waals surface area contributed by atoms with Crippen LogP contribution in [0.15, 0.2) is 35.3 Å². The maximum Gasteiger partial charge on any atom is 0.275 e. The predicted molar refractivity (Wildman–Crippen MR) is 80.2 cm³/mol. The van der Waals surface area contributed by atoms with Crippen molar-refractivity contribution in [3.63, 3.8) is 0 Å². The minimum absolute atomic E-state index is 0.0681. The Balaban J connectivity index is 1.34. The third kappa shape index (κ3) is 2.87. The molecule has 0 atom stereocenters. The van der Waals surface area contributed by atoms with Gasteiger partial charge in [-0.1, -0.05) is 6.07 Å². The minimum Gasteiger partial charge on any atom is -0.454 e. The molecule has 1 saturated heterocycles. The largest absolute Gasteiger partial charge is 0.454 e. The first-order chi connectivity index (χ1) is 11.3. The van der Waals surface area contributed by atoms with Crippen LogP contribution >= 0.6 is 0 Å². The summed E-state index contributed by atoms with van der Waals surface area (Å²) < 4.78 is 15.6. The van der Waals surface area contributed by atoms with E-state index in [0.717, 1.165) is 31.1 Å². The highest BCUT2D eigenvalue weighted by molar-refractivity contribution is 5.91. The summed E-state index contributed by atoms with van der Waals surface area (Å²) in [6.07, 6.45) is 2.67. The van der Waals surface area contributed by atoms with E-state index in [0.29, 0.717) is 25.6 Å². The number of piperazine rings is 1. The predicted octanol–water partition coefficient (Wildman–Crippen LogP) is 1.36. The summed E-state index contributed by atoms with van der Waals surface area (Å²) in [6, 6.07) is 6.03. The second kappa shape index (κ2) is 5.92. The van der Waals surface area contributed by atoms with Crippen LogP contribution in [0.4, 0.5) is 0 Å². The first kappa shape index (κ1) is 14.1. The summed E-state index contributed by atoms with van der Waals surface area (Å²) in [4.78, 5) is 20.3. The van der Waals surface area contributed by atoms with Gasteiger partial charge in [0.25, 0.3) is 5.91 Å². The van der Waals surface area contributed by atoms with Crippen LogP contribution in [-0.4, -0.2) is 53.7 Å². The molecule has 0 N–H and O–H groups in total. The Kier molecular flexibility index (Phi) is 3.63. The summed E-state index contributed by atoms with van der Waals surface area (Å²) in [5.74, 6) is 1.54. The van der Waals surface area contributed by atoms with E-state index in [2.05, 4.69) is 16.0 Å². The topological polar surface area (TPSA) is 68.0 Å². The molecule has 0 bridgehead atoms. The Morgan fingerprint density at radius 3 is 2.74 bits per heavy atom. The highest BCUT2D eigenvalue weighted by Crippen LogP contribution is 2.32. The fourth-order valence-electron chi connectivity index (χ4n) is 2.89. The molecule has 0 radical (unpaired) electrons. The molecular formula is C16H17N3O4. The number of hydrogen-bond donors (Lipinski definition) is 0. The zero-order valence-corrected chi connectivity index (χ0v) is 12.6. The molecule has 1 aromatic heterocycles. The highest BCUT2D eigenvalue weighted by atomic mass is 16.7. The SMILES string of the molecule is O=C(c1cocn1)N1CCN(Cc2ccc3c(c2)OCO3)CC1. The van der Waals surface area contributed by atoms with Crippen LogP contribution in [0.5, 0.6) is 11.5 Å². The minimum atomic E-state index is -0.0681. The van der Waals surface area contributed by atoms with Gasteiger partial charge in [-0.2, -0.15) is 0 Å². The number of rotatable bonds is 3. The third-order valence-corrected chi connectivity index (χ3v) is 4.15. The van der Waals surface area contributed by atoms with Crippen LogP contribution in [0.3, 0.4) is 0 Å². The Labute approximate surface area is 133 Å². The molecule has 3 heterocycles. The van der Waals surface area contributed by atoms with E-state index in [4.69, 9.17) is 13.9 Å². The van der Waals surface area contributed by atoms with Gasteiger partial charge < -0.3 is 18.8 Å². The molecular weight excluding hydrogens is 298 g/mol. The Hall–Kier alpha value is -2.54. The van der Waals surface area contributed by atoms with Crippen LogP contribution in [0, 0.1) is 0 Å². The van der Waals surface area contributed by atoms with Crippen molar-refractivity contribution in [3.05, 3.63) is 42.1 Å². The van der Waals surface area contributed by atoms with E-state index in [9.17, 15) is 4.79 Å². The fraction of sp³-hybridized carbons (Fsp3) is 0.375. The van der Waals surface area contributed by atoms with Crippen LogP contribution < -0.4 is 9.47 Å². The fourth-order valence-corrected chi connectivity index (χ4v) is 2.89. The number of carbonyl (C=O) groups excluding carboxylic acids is 1. The van der Waals surface area contributed by atoms with Crippen LogP contribution in [0.25, 0.3) is 0 Å². The first-order valence-corrected chi connectivity index (χ1v) is 7.58. The monoisotopic (exact) mass is 315 g/mol. The number of carbonyl (C=O) groups is 1. The summed E-state index contributed by atoms with van der Waals surface area (Å²) in [5, 5.41) is 0. The molecule has 0 spiro atoms. The molecule has 1 amide bonds. The standard InChI is InChI=1S/C16H17N3O4/c20-16(13-9-21-10-17-13)19-5-3-18(4-6-19)8-12-1-2-14-15(7-12)23-11-22-14/h1-2,7,9-10H,3-6,8,11H2. The maximum atomic E-state index is 12.2. The van der Waals surface area contributed by atoms with Crippen molar-refractivity contribution >= 4 is 5.91 Å². The maximum absolute atomic E-state index is 12.2. The smallest absolute Gasteiger partial charge is 0.275 e. The lowest BCUT2D eigenvalue weighted by atomic mass is 10.1. The summed E-state index contributed by atoms with van der Waals surface area (Å²) in [5.41, 5.74) is 1.56. The molecule has 2 aliphatic heterocycles. The Bertz CT molecular complexity index is 693. The quantitative estimate of drug-likeness (QED) is 0.852. The van der Waals surface area contributed by atoms with Crippen LogP contribution in [-0.2, 0) is 6.54 Å². The molecule has 7 heteroatoms. The number of aromatic nitrogens is 1. The van der Waals surface area contributed by atoms with Gasteiger partial charge in [0, 0.05) is 32.7 Å². The van der Waals surface area contributed by atoms with Gasteiger partial charge in [-0.05, 0) is 17.7 Å². The van der Waals surface area contributed by atoms with Crippen molar-refractivity contribution in [3.8, 4) is 11.5 Å². The molecule has 7 nitrogen and oxygen atoms in total. The van der Waals surface area contributed by atoms with Gasteiger partial charge >= 0.3 is 0 Å². The van der Waals surface area contributed by atoms with Gasteiger partial charge in [0.2, 0.25) is 6.79 Å². The van der Waals surface area contributed by atoms with Crippen molar-refractivity contribution < 1.29 is 18.7 Å². The number of ether oxygens (including phenoxy) is 2. The average Bonchev–Trinajstić information content (AvgIpc) is 3.26. The molecule has 2 aliphatic rings. The van der Waals surface area contributed by atoms with E-state index < -0.39 is 0 Å². The average molecular weight is 315 g/mol. The van der Waals surface area contributed by atoms with E-state index in [1.165, 1.54) is 18.2 Å². The van der Waals surface area contributed by atoms with Gasteiger partial charge in [0.15, 0.2) is 23.6 Å². The number of oxazole rings is 1. The molecule has 4 rings (SSSR count). The third-order valence-electron chi connectivity index (χ3n) is 4.15. The number of benzene rings is 1. The lowest BCUT2D eigenvalue weighted by Gasteiger charge is -2.34. The van der Waals surface area contributed by atoms with Gasteiger partial charge in [0.1, 0.15) is 6.26 Å². The lowest BCUT2D eigenvalue weighted by molar-refractivity contribution is 0.0622. The van der Waals surface area contributed by atoms with Crippen LogP contribution in [0.2, 0.25) is 0 Å². The Morgan fingerprint density at radius 2 is 1.96 bits per heavy atom. The first-order valence-electron chi connectivity index (χ1n) is 7.58. The van der Waals surface area contributed by atoms with Crippen molar-refractivity contribution in [2.75, 3.05) is 33.0 Å². The zero-order chi connectivity index (χ0) is 15.6. The molecule has 0 aliphatic carbocycles. The normalized spacial score (nSPS) is 17.5. The second-order valence-corrected chi connectivity index (χ2v) is 5.63.